The molecule has 7 rings (SSSR count). The van der Waals surface area contributed by atoms with Crippen molar-refractivity contribution in [3.05, 3.63) is 161 Å². The van der Waals surface area contributed by atoms with E-state index in [0.717, 1.165) is 26.4 Å². The number of hydrogen-bond acceptors (Lipinski definition) is 8. The van der Waals surface area contributed by atoms with Crippen LogP contribution in [0.3, 0.4) is 0 Å². The van der Waals surface area contributed by atoms with Gasteiger partial charge in [-0.15, -0.1) is 0 Å². The van der Waals surface area contributed by atoms with Crippen LogP contribution in [0.1, 0.15) is 62.1 Å². The fourth-order valence-electron chi connectivity index (χ4n) is 5.90. The highest BCUT2D eigenvalue weighted by molar-refractivity contribution is 6.34. The first-order valence-corrected chi connectivity index (χ1v) is 15.3. The second kappa shape index (κ2) is 12.8. The van der Waals surface area contributed by atoms with E-state index in [0.29, 0.717) is 11.1 Å². The van der Waals surface area contributed by atoms with Crippen LogP contribution in [-0.2, 0) is 9.47 Å². The van der Waals surface area contributed by atoms with Crippen molar-refractivity contribution in [2.45, 2.75) is 0 Å². The van der Waals surface area contributed by atoms with Crippen molar-refractivity contribution < 1.29 is 38.2 Å². The lowest BCUT2D eigenvalue weighted by atomic mass is 10.0. The number of hydrogen-bond donors (Lipinski definition) is 0. The summed E-state index contributed by atoms with van der Waals surface area (Å²) in [6.07, 6.45) is 0. The number of rotatable bonds is 9. The maximum atomic E-state index is 13.5. The Morgan fingerprint density at radius 1 is 0.490 bits per heavy atom. The number of imide groups is 1. The van der Waals surface area contributed by atoms with Crippen LogP contribution >= 0.6 is 0 Å². The van der Waals surface area contributed by atoms with Gasteiger partial charge < -0.3 is 9.47 Å². The molecule has 0 aromatic heterocycles. The normalized spacial score (nSPS) is 12.2. The topological polar surface area (TPSA) is 124 Å². The molecule has 1 aliphatic rings. The molecule has 0 saturated heterocycles. The highest BCUT2D eigenvalue weighted by atomic mass is 16.5. The molecule has 9 nitrogen and oxygen atoms in total. The van der Waals surface area contributed by atoms with Crippen LogP contribution < -0.4 is 4.90 Å². The minimum Gasteiger partial charge on any atom is -0.454 e. The van der Waals surface area contributed by atoms with E-state index in [1.54, 1.807) is 24.3 Å². The summed E-state index contributed by atoms with van der Waals surface area (Å²) in [6.45, 7) is -1.02. The van der Waals surface area contributed by atoms with Gasteiger partial charge in [-0.2, -0.15) is 0 Å². The Morgan fingerprint density at radius 2 is 0.980 bits per heavy atom. The van der Waals surface area contributed by atoms with Gasteiger partial charge in [-0.05, 0) is 57.9 Å². The summed E-state index contributed by atoms with van der Waals surface area (Å²) in [5.74, 6) is -3.78. The van der Waals surface area contributed by atoms with Gasteiger partial charge in [0.2, 0.25) is 11.6 Å². The van der Waals surface area contributed by atoms with Crippen molar-refractivity contribution >= 4 is 62.6 Å². The van der Waals surface area contributed by atoms with Gasteiger partial charge in [0, 0.05) is 11.1 Å². The number of carbonyl (C=O) groups is 6. The number of benzene rings is 6. The third-order valence-corrected chi connectivity index (χ3v) is 8.31. The molecule has 0 radical (unpaired) electrons. The monoisotopic (exact) mass is 647 g/mol. The summed E-state index contributed by atoms with van der Waals surface area (Å²) >= 11 is 0. The molecule has 0 aliphatic carbocycles. The van der Waals surface area contributed by atoms with E-state index in [1.807, 2.05) is 60.7 Å². The molecule has 0 spiro atoms. The van der Waals surface area contributed by atoms with Gasteiger partial charge in [0.1, 0.15) is 0 Å². The van der Waals surface area contributed by atoms with E-state index >= 15 is 0 Å². The first-order chi connectivity index (χ1) is 23.8. The molecule has 0 saturated carbocycles. The Labute approximate surface area is 279 Å². The van der Waals surface area contributed by atoms with E-state index in [1.165, 1.54) is 42.5 Å². The average molecular weight is 648 g/mol. The van der Waals surface area contributed by atoms with Gasteiger partial charge in [-0.1, -0.05) is 91.0 Å². The minimum atomic E-state index is -0.835. The number of amides is 2. The van der Waals surface area contributed by atoms with Crippen molar-refractivity contribution in [3.8, 4) is 0 Å². The molecule has 2 amide bonds. The number of esters is 2. The van der Waals surface area contributed by atoms with E-state index < -0.39 is 37.0 Å². The Morgan fingerprint density at radius 3 is 1.57 bits per heavy atom. The standard InChI is InChI=1S/C40H25NO8/c42-35(31-16-6-10-24-8-1-3-14-29(24)31)22-48-39(46)26-12-5-13-28(20-26)41-37(44)33-19-18-27(21-34(33)38(41)45)40(47)49-23-36(43)32-17-7-11-25-9-2-4-15-30(25)32/h1-21H,22-23H2. The van der Waals surface area contributed by atoms with Gasteiger partial charge in [-0.3, -0.25) is 19.2 Å². The number of nitrogens with zero attached hydrogens (tertiary/aromatic N) is 1. The Balaban J connectivity index is 1.03. The summed E-state index contributed by atoms with van der Waals surface area (Å²) in [5, 5.41) is 3.23. The zero-order chi connectivity index (χ0) is 34.1. The third kappa shape index (κ3) is 5.85. The predicted octanol–water partition coefficient (Wildman–Crippen LogP) is 6.87. The van der Waals surface area contributed by atoms with Crippen LogP contribution in [0.5, 0.6) is 0 Å². The van der Waals surface area contributed by atoms with Crippen molar-refractivity contribution in [1.82, 2.24) is 0 Å². The van der Waals surface area contributed by atoms with E-state index in [-0.39, 0.29) is 39.5 Å². The van der Waals surface area contributed by atoms with Crippen LogP contribution in [0, 0.1) is 0 Å². The van der Waals surface area contributed by atoms with Crippen LogP contribution in [-0.4, -0.2) is 48.5 Å². The van der Waals surface area contributed by atoms with Gasteiger partial charge in [0.25, 0.3) is 11.8 Å². The smallest absolute Gasteiger partial charge is 0.338 e. The van der Waals surface area contributed by atoms with Crippen molar-refractivity contribution in [2.75, 3.05) is 18.1 Å². The minimum absolute atomic E-state index is 0.0133. The highest BCUT2D eigenvalue weighted by Gasteiger charge is 2.37. The second-order valence-electron chi connectivity index (χ2n) is 11.3. The summed E-state index contributed by atoms with van der Waals surface area (Å²) in [5.41, 5.74) is 0.978. The molecule has 6 aromatic rings. The second-order valence-corrected chi connectivity index (χ2v) is 11.3. The van der Waals surface area contributed by atoms with Gasteiger partial charge in [-0.25, -0.2) is 14.5 Å². The van der Waals surface area contributed by atoms with E-state index in [2.05, 4.69) is 0 Å². The molecule has 9 heteroatoms. The third-order valence-electron chi connectivity index (χ3n) is 8.31. The SMILES string of the molecule is O=C(OCC(=O)c1cccc2ccccc12)c1cccc(N2C(=O)c3ccc(C(=O)OCC(=O)c4cccc5ccccc45)cc3C2=O)c1. The molecule has 0 atom stereocenters. The number of ketones is 2. The Hall–Kier alpha value is -6.74. The Kier molecular flexibility index (Phi) is 8.07. The first kappa shape index (κ1) is 30.9. The van der Waals surface area contributed by atoms with E-state index in [9.17, 15) is 28.8 Å². The molecule has 1 heterocycles. The van der Waals surface area contributed by atoms with Crippen molar-refractivity contribution in [2.24, 2.45) is 0 Å². The number of fused-ring (bicyclic) bond motifs is 3. The lowest BCUT2D eigenvalue weighted by Crippen LogP contribution is -2.29. The first-order valence-electron chi connectivity index (χ1n) is 15.3. The van der Waals surface area contributed by atoms with E-state index in [4.69, 9.17) is 9.47 Å². The lowest BCUT2D eigenvalue weighted by Gasteiger charge is -2.15. The predicted molar refractivity (Wildman–Crippen MR) is 181 cm³/mol. The molecule has 0 unspecified atom stereocenters. The summed E-state index contributed by atoms with van der Waals surface area (Å²) in [7, 11) is 0. The quantitative estimate of drug-likeness (QED) is 0.0946. The largest absolute Gasteiger partial charge is 0.454 e. The highest BCUT2D eigenvalue weighted by Crippen LogP contribution is 2.30. The molecule has 49 heavy (non-hydrogen) atoms. The maximum Gasteiger partial charge on any atom is 0.338 e. The molecule has 1 aliphatic heterocycles. The fraction of sp³-hybridized carbons (Fsp3) is 0.0500. The summed E-state index contributed by atoms with van der Waals surface area (Å²) < 4.78 is 10.6. The summed E-state index contributed by atoms with van der Waals surface area (Å²) in [4.78, 5) is 79.3. The van der Waals surface area contributed by atoms with Crippen molar-refractivity contribution in [3.63, 3.8) is 0 Å². The zero-order valence-corrected chi connectivity index (χ0v) is 25.8. The average Bonchev–Trinajstić information content (AvgIpc) is 3.40. The maximum absolute atomic E-state index is 13.5. The zero-order valence-electron chi connectivity index (χ0n) is 25.8. The molecular weight excluding hydrogens is 622 g/mol. The number of anilines is 1. The van der Waals surface area contributed by atoms with Crippen LogP contribution in [0.4, 0.5) is 5.69 Å². The van der Waals surface area contributed by atoms with Crippen LogP contribution in [0.25, 0.3) is 21.5 Å². The number of carbonyl (C=O) groups excluding carboxylic acids is 6. The molecule has 0 fully saturated rings. The molecule has 238 valence electrons. The Bertz CT molecular complexity index is 2370. The fourth-order valence-corrected chi connectivity index (χ4v) is 5.90. The number of ether oxygens (including phenoxy) is 2. The summed E-state index contributed by atoms with van der Waals surface area (Å²) in [6, 6.07) is 35.0. The van der Waals surface area contributed by atoms with Gasteiger partial charge in [0.15, 0.2) is 13.2 Å². The molecule has 6 aromatic carbocycles. The molecule has 0 N–H and O–H groups in total. The molecule has 0 bridgehead atoms. The van der Waals surface area contributed by atoms with Crippen LogP contribution in [0.2, 0.25) is 0 Å². The van der Waals surface area contributed by atoms with Gasteiger partial charge in [0.05, 0.1) is 27.9 Å². The van der Waals surface area contributed by atoms with Crippen molar-refractivity contribution in [1.29, 1.82) is 0 Å². The molecular formula is C40H25NO8. The van der Waals surface area contributed by atoms with Gasteiger partial charge >= 0.3 is 11.9 Å². The lowest BCUT2D eigenvalue weighted by molar-refractivity contribution is 0.0472. The number of Topliss-reactive ketones (excluding diaryl/α,β-unsaturated/α-hetero) is 2. The van der Waals surface area contributed by atoms with Crippen LogP contribution in [0.15, 0.2) is 127 Å².